The van der Waals surface area contributed by atoms with Crippen molar-refractivity contribution in [2.24, 2.45) is 0 Å². The number of methoxy groups -OCH3 is 1. The van der Waals surface area contributed by atoms with Gasteiger partial charge in [-0.2, -0.15) is 0 Å². The summed E-state index contributed by atoms with van der Waals surface area (Å²) in [6.45, 7) is 0. The minimum absolute atomic E-state index is 0.313. The molecule has 4 aromatic carbocycles. The Bertz CT molecular complexity index is 1270. The summed E-state index contributed by atoms with van der Waals surface area (Å²) in [5.41, 5.74) is 6.76. The zero-order valence-corrected chi connectivity index (χ0v) is 18.2. The molecule has 1 amide bonds. The number of amides is 1. The number of benzene rings is 4. The number of hydrogen-bond acceptors (Lipinski definition) is 3. The van der Waals surface area contributed by atoms with Crippen LogP contribution in [0.5, 0.6) is 0 Å². The molecule has 0 spiro atoms. The van der Waals surface area contributed by atoms with Crippen molar-refractivity contribution in [2.75, 3.05) is 7.11 Å². The molecule has 4 heteroatoms. The first-order valence-electron chi connectivity index (χ1n) is 10.9. The second kappa shape index (κ2) is 8.75. The first kappa shape index (κ1) is 20.7. The average molecular weight is 434 g/mol. The van der Waals surface area contributed by atoms with Crippen LogP contribution in [0.1, 0.15) is 27.4 Å². The Morgan fingerprint density at radius 1 is 0.697 bits per heavy atom. The maximum Gasteiger partial charge on any atom is 0.329 e. The Balaban J connectivity index is 1.46. The maximum atomic E-state index is 13.2. The molecule has 1 N–H and O–H groups in total. The van der Waals surface area contributed by atoms with E-state index >= 15 is 0 Å². The molecule has 1 aliphatic rings. The van der Waals surface area contributed by atoms with Crippen LogP contribution in [0.25, 0.3) is 22.3 Å². The second-order valence-electron chi connectivity index (χ2n) is 8.07. The largest absolute Gasteiger partial charge is 0.467 e. The summed E-state index contributed by atoms with van der Waals surface area (Å²) >= 11 is 0. The molecule has 0 heterocycles. The summed E-state index contributed by atoms with van der Waals surface area (Å²) in [4.78, 5) is 26.1. The minimum atomic E-state index is -0.846. The molecule has 0 unspecified atom stereocenters. The zero-order valence-electron chi connectivity index (χ0n) is 18.2. The predicted molar refractivity (Wildman–Crippen MR) is 129 cm³/mol. The highest BCUT2D eigenvalue weighted by Gasteiger charge is 2.39. The molecule has 4 aromatic rings. The lowest BCUT2D eigenvalue weighted by Gasteiger charge is -2.24. The van der Waals surface area contributed by atoms with E-state index in [9.17, 15) is 9.59 Å². The average Bonchev–Trinajstić information content (AvgIpc) is 3.21. The summed E-state index contributed by atoms with van der Waals surface area (Å²) in [6, 6.07) is 32.5. The minimum Gasteiger partial charge on any atom is -0.467 e. The molecule has 1 aliphatic carbocycles. The molecule has 4 nitrogen and oxygen atoms in total. The van der Waals surface area contributed by atoms with E-state index in [4.69, 9.17) is 4.74 Å². The van der Waals surface area contributed by atoms with Gasteiger partial charge in [0.15, 0.2) is 0 Å². The Labute approximate surface area is 192 Å². The SMILES string of the molecule is COC(=O)[C@@H](NC(=O)c1ccc(-c2ccccc2)cc1)C1c2ccccc2-c2ccccc21. The van der Waals surface area contributed by atoms with E-state index in [1.165, 1.54) is 7.11 Å². The van der Waals surface area contributed by atoms with Crippen LogP contribution in [0.2, 0.25) is 0 Å². The van der Waals surface area contributed by atoms with Crippen LogP contribution in [-0.4, -0.2) is 25.0 Å². The van der Waals surface area contributed by atoms with Gasteiger partial charge in [-0.05, 0) is 45.5 Å². The lowest BCUT2D eigenvalue weighted by atomic mass is 9.89. The summed E-state index contributed by atoms with van der Waals surface area (Å²) in [5.74, 6) is -1.11. The number of ether oxygens (including phenoxy) is 1. The lowest BCUT2D eigenvalue weighted by Crippen LogP contribution is -2.45. The van der Waals surface area contributed by atoms with E-state index in [-0.39, 0.29) is 11.8 Å². The summed E-state index contributed by atoms with van der Waals surface area (Å²) in [6.07, 6.45) is 0. The number of nitrogens with one attached hydrogen (secondary N) is 1. The van der Waals surface area contributed by atoms with Gasteiger partial charge in [0.05, 0.1) is 7.11 Å². The van der Waals surface area contributed by atoms with E-state index in [2.05, 4.69) is 5.32 Å². The molecular formula is C29H23NO3. The van der Waals surface area contributed by atoms with E-state index in [0.717, 1.165) is 33.4 Å². The van der Waals surface area contributed by atoms with E-state index in [1.807, 2.05) is 91.0 Å². The van der Waals surface area contributed by atoms with Crippen LogP contribution in [0.4, 0.5) is 0 Å². The molecule has 33 heavy (non-hydrogen) atoms. The molecule has 0 aromatic heterocycles. The fourth-order valence-corrected chi connectivity index (χ4v) is 4.63. The van der Waals surface area contributed by atoms with Gasteiger partial charge in [-0.3, -0.25) is 4.79 Å². The summed E-state index contributed by atoms with van der Waals surface area (Å²) < 4.78 is 5.11. The fraction of sp³-hybridized carbons (Fsp3) is 0.103. The molecule has 0 radical (unpaired) electrons. The quantitative estimate of drug-likeness (QED) is 0.427. The molecular weight excluding hydrogens is 410 g/mol. The van der Waals surface area contributed by atoms with Gasteiger partial charge in [-0.1, -0.05) is 91.0 Å². The number of carbonyl (C=O) groups is 2. The Morgan fingerprint density at radius 2 is 1.21 bits per heavy atom. The second-order valence-corrected chi connectivity index (χ2v) is 8.07. The first-order valence-corrected chi connectivity index (χ1v) is 10.9. The highest BCUT2D eigenvalue weighted by atomic mass is 16.5. The smallest absolute Gasteiger partial charge is 0.329 e. The highest BCUT2D eigenvalue weighted by molar-refractivity contribution is 5.98. The number of fused-ring (bicyclic) bond motifs is 3. The molecule has 0 fully saturated rings. The van der Waals surface area contributed by atoms with Crippen molar-refractivity contribution in [3.63, 3.8) is 0 Å². The van der Waals surface area contributed by atoms with Gasteiger partial charge in [0.1, 0.15) is 6.04 Å². The molecule has 162 valence electrons. The number of rotatable bonds is 5. The Kier molecular flexibility index (Phi) is 5.49. The third-order valence-corrected chi connectivity index (χ3v) is 6.21. The molecule has 0 aliphatic heterocycles. The van der Waals surface area contributed by atoms with Crippen LogP contribution in [0.3, 0.4) is 0 Å². The van der Waals surface area contributed by atoms with Crippen LogP contribution >= 0.6 is 0 Å². The van der Waals surface area contributed by atoms with Gasteiger partial charge in [0.25, 0.3) is 5.91 Å². The van der Waals surface area contributed by atoms with Crippen molar-refractivity contribution >= 4 is 11.9 Å². The van der Waals surface area contributed by atoms with E-state index < -0.39 is 12.0 Å². The molecule has 1 atom stereocenters. The van der Waals surface area contributed by atoms with E-state index in [0.29, 0.717) is 5.56 Å². The van der Waals surface area contributed by atoms with E-state index in [1.54, 1.807) is 12.1 Å². The Hall–Kier alpha value is -4.18. The standard InChI is InChI=1S/C29H23NO3/c1-33-29(32)27(26-24-13-7-5-11-22(24)23-12-6-8-14-25(23)26)30-28(31)21-17-15-20(16-18-21)19-9-3-2-4-10-19/h2-18,26-27H,1H3,(H,30,31)/t27-/m0/s1. The van der Waals surface area contributed by atoms with Gasteiger partial charge in [-0.15, -0.1) is 0 Å². The molecule has 5 rings (SSSR count). The first-order chi connectivity index (χ1) is 16.2. The van der Waals surface area contributed by atoms with Gasteiger partial charge in [-0.25, -0.2) is 4.79 Å². The van der Waals surface area contributed by atoms with Crippen LogP contribution in [0.15, 0.2) is 103 Å². The number of carbonyl (C=O) groups excluding carboxylic acids is 2. The van der Waals surface area contributed by atoms with Crippen LogP contribution < -0.4 is 5.32 Å². The Morgan fingerprint density at radius 3 is 1.79 bits per heavy atom. The molecule has 0 saturated carbocycles. The van der Waals surface area contributed by atoms with Crippen LogP contribution in [-0.2, 0) is 9.53 Å². The van der Waals surface area contributed by atoms with Crippen molar-refractivity contribution in [1.82, 2.24) is 5.32 Å². The van der Waals surface area contributed by atoms with Crippen molar-refractivity contribution in [1.29, 1.82) is 0 Å². The van der Waals surface area contributed by atoms with Crippen molar-refractivity contribution in [3.05, 3.63) is 120 Å². The van der Waals surface area contributed by atoms with Gasteiger partial charge in [0.2, 0.25) is 0 Å². The van der Waals surface area contributed by atoms with Crippen molar-refractivity contribution in [2.45, 2.75) is 12.0 Å². The summed E-state index contributed by atoms with van der Waals surface area (Å²) in [7, 11) is 1.35. The topological polar surface area (TPSA) is 55.4 Å². The zero-order chi connectivity index (χ0) is 22.8. The van der Waals surface area contributed by atoms with Gasteiger partial charge >= 0.3 is 5.97 Å². The monoisotopic (exact) mass is 433 g/mol. The van der Waals surface area contributed by atoms with Crippen molar-refractivity contribution in [3.8, 4) is 22.3 Å². The predicted octanol–water partition coefficient (Wildman–Crippen LogP) is 5.44. The van der Waals surface area contributed by atoms with Gasteiger partial charge < -0.3 is 10.1 Å². The number of hydrogen-bond donors (Lipinski definition) is 1. The third kappa shape index (κ3) is 3.80. The summed E-state index contributed by atoms with van der Waals surface area (Å²) in [5, 5.41) is 2.95. The van der Waals surface area contributed by atoms with Crippen molar-refractivity contribution < 1.29 is 14.3 Å². The lowest BCUT2D eigenvalue weighted by molar-refractivity contribution is -0.143. The third-order valence-electron chi connectivity index (χ3n) is 6.21. The highest BCUT2D eigenvalue weighted by Crippen LogP contribution is 2.46. The molecule has 0 bridgehead atoms. The number of esters is 1. The maximum absolute atomic E-state index is 13.2. The fourth-order valence-electron chi connectivity index (χ4n) is 4.63. The van der Waals surface area contributed by atoms with Crippen LogP contribution in [0, 0.1) is 0 Å². The normalized spacial score (nSPS) is 13.0. The molecule has 0 saturated heterocycles. The van der Waals surface area contributed by atoms with Gasteiger partial charge in [0, 0.05) is 11.5 Å².